The maximum atomic E-state index is 12.3. The largest absolute Gasteiger partial charge is 0.293 e. The summed E-state index contributed by atoms with van der Waals surface area (Å²) >= 11 is 1.64. The molecule has 2 rings (SSSR count). The van der Waals surface area contributed by atoms with Gasteiger partial charge in [0.2, 0.25) is 0 Å². The van der Waals surface area contributed by atoms with E-state index in [0.717, 1.165) is 17.7 Å². The second kappa shape index (κ2) is 4.70. The fourth-order valence-corrected chi connectivity index (χ4v) is 3.82. The second-order valence-corrected chi connectivity index (χ2v) is 6.68. The molecule has 1 fully saturated rings. The highest BCUT2D eigenvalue weighted by Gasteiger charge is 2.29. The summed E-state index contributed by atoms with van der Waals surface area (Å²) < 4.78 is 0. The molecule has 0 aromatic carbocycles. The Bertz CT molecular complexity index is 370. The van der Waals surface area contributed by atoms with Crippen molar-refractivity contribution in [1.29, 1.82) is 0 Å². The Kier molecular flexibility index (Phi) is 3.48. The van der Waals surface area contributed by atoms with Gasteiger partial charge in [-0.05, 0) is 50.2 Å². The van der Waals surface area contributed by atoms with Crippen LogP contribution in [0.3, 0.4) is 0 Å². The van der Waals surface area contributed by atoms with Crippen LogP contribution in [0.15, 0.2) is 12.1 Å². The van der Waals surface area contributed by atoms with Crippen LogP contribution in [0.1, 0.15) is 47.7 Å². The summed E-state index contributed by atoms with van der Waals surface area (Å²) in [6.45, 7) is 6.61. The van der Waals surface area contributed by atoms with Gasteiger partial charge in [-0.15, -0.1) is 11.3 Å². The summed E-state index contributed by atoms with van der Waals surface area (Å²) in [7, 11) is 0. The van der Waals surface area contributed by atoms with E-state index in [1.165, 1.54) is 11.3 Å². The number of hydrogen-bond donors (Lipinski definition) is 0. The van der Waals surface area contributed by atoms with E-state index in [4.69, 9.17) is 0 Å². The Labute approximate surface area is 102 Å². The van der Waals surface area contributed by atoms with E-state index < -0.39 is 0 Å². The normalized spacial score (nSPS) is 30.3. The summed E-state index contributed by atoms with van der Waals surface area (Å²) in [5.41, 5.74) is 0. The van der Waals surface area contributed by atoms with E-state index in [1.54, 1.807) is 11.3 Å². The molecule has 1 aromatic heterocycles. The quantitative estimate of drug-likeness (QED) is 0.699. The molecule has 0 amide bonds. The van der Waals surface area contributed by atoms with Crippen LogP contribution in [0.2, 0.25) is 0 Å². The van der Waals surface area contributed by atoms with Gasteiger partial charge in [0, 0.05) is 10.8 Å². The summed E-state index contributed by atoms with van der Waals surface area (Å²) in [5.74, 6) is 2.07. The van der Waals surface area contributed by atoms with E-state index in [9.17, 15) is 4.79 Å². The Morgan fingerprint density at radius 3 is 2.31 bits per heavy atom. The highest BCUT2D eigenvalue weighted by molar-refractivity contribution is 7.14. The van der Waals surface area contributed by atoms with Gasteiger partial charge in [-0.2, -0.15) is 0 Å². The zero-order chi connectivity index (χ0) is 11.7. The molecule has 0 saturated heterocycles. The number of carbonyl (C=O) groups is 1. The standard InChI is InChI=1S/C14H20OS/c1-9-6-10(2)8-12(7-9)14(15)13-5-4-11(3)16-13/h4-5,9-10,12H,6-8H2,1-3H3. The lowest BCUT2D eigenvalue weighted by Crippen LogP contribution is -2.25. The van der Waals surface area contributed by atoms with Crippen molar-refractivity contribution in [3.63, 3.8) is 0 Å². The van der Waals surface area contributed by atoms with Gasteiger partial charge < -0.3 is 0 Å². The van der Waals surface area contributed by atoms with Crippen LogP contribution < -0.4 is 0 Å². The van der Waals surface area contributed by atoms with E-state index >= 15 is 0 Å². The first kappa shape index (κ1) is 11.8. The average Bonchev–Trinajstić information content (AvgIpc) is 2.62. The van der Waals surface area contributed by atoms with Gasteiger partial charge in [0.05, 0.1) is 4.88 Å². The van der Waals surface area contributed by atoms with Crippen molar-refractivity contribution in [3.8, 4) is 0 Å². The summed E-state index contributed by atoms with van der Waals surface area (Å²) in [5, 5.41) is 0. The van der Waals surface area contributed by atoms with Crippen LogP contribution in [-0.2, 0) is 0 Å². The number of Topliss-reactive ketones (excluding diaryl/α,β-unsaturated/α-hetero) is 1. The van der Waals surface area contributed by atoms with Crippen LogP contribution in [0.25, 0.3) is 0 Å². The highest BCUT2D eigenvalue weighted by Crippen LogP contribution is 2.35. The monoisotopic (exact) mass is 236 g/mol. The number of aryl methyl sites for hydroxylation is 1. The van der Waals surface area contributed by atoms with Gasteiger partial charge in [-0.25, -0.2) is 0 Å². The lowest BCUT2D eigenvalue weighted by molar-refractivity contribution is 0.0840. The lowest BCUT2D eigenvalue weighted by Gasteiger charge is -2.30. The first-order chi connectivity index (χ1) is 7.56. The molecule has 2 atom stereocenters. The van der Waals surface area contributed by atoms with Gasteiger partial charge in [-0.3, -0.25) is 4.79 Å². The summed E-state index contributed by atoms with van der Waals surface area (Å²) in [6, 6.07) is 4.04. The number of ketones is 1. The second-order valence-electron chi connectivity index (χ2n) is 5.39. The van der Waals surface area contributed by atoms with Crippen LogP contribution in [0.4, 0.5) is 0 Å². The minimum atomic E-state index is 0.275. The highest BCUT2D eigenvalue weighted by atomic mass is 32.1. The first-order valence-corrected chi connectivity index (χ1v) is 6.98. The maximum absolute atomic E-state index is 12.3. The van der Waals surface area contributed by atoms with Gasteiger partial charge in [0.1, 0.15) is 0 Å². The van der Waals surface area contributed by atoms with Crippen molar-refractivity contribution in [1.82, 2.24) is 0 Å². The first-order valence-electron chi connectivity index (χ1n) is 6.17. The van der Waals surface area contributed by atoms with E-state index in [0.29, 0.717) is 17.6 Å². The number of rotatable bonds is 2. The van der Waals surface area contributed by atoms with Crippen LogP contribution in [0.5, 0.6) is 0 Å². The van der Waals surface area contributed by atoms with E-state index in [1.807, 2.05) is 12.1 Å². The van der Waals surface area contributed by atoms with Gasteiger partial charge in [-0.1, -0.05) is 13.8 Å². The van der Waals surface area contributed by atoms with Crippen molar-refractivity contribution in [2.75, 3.05) is 0 Å². The minimum Gasteiger partial charge on any atom is -0.293 e. The van der Waals surface area contributed by atoms with E-state index in [2.05, 4.69) is 20.8 Å². The molecule has 0 bridgehead atoms. The molecule has 0 aliphatic heterocycles. The topological polar surface area (TPSA) is 17.1 Å². The third-order valence-corrected chi connectivity index (χ3v) is 4.55. The van der Waals surface area contributed by atoms with Gasteiger partial charge in [0.25, 0.3) is 0 Å². The zero-order valence-corrected chi connectivity index (χ0v) is 11.1. The van der Waals surface area contributed by atoms with E-state index in [-0.39, 0.29) is 5.92 Å². The Morgan fingerprint density at radius 1 is 1.19 bits per heavy atom. The maximum Gasteiger partial charge on any atom is 0.175 e. The number of carbonyl (C=O) groups excluding carboxylic acids is 1. The molecule has 2 heteroatoms. The zero-order valence-electron chi connectivity index (χ0n) is 10.3. The average molecular weight is 236 g/mol. The SMILES string of the molecule is Cc1ccc(C(=O)C2CC(C)CC(C)C2)s1. The van der Waals surface area contributed by atoms with Crippen LogP contribution in [-0.4, -0.2) is 5.78 Å². The molecule has 1 aliphatic carbocycles. The van der Waals surface area contributed by atoms with Gasteiger partial charge in [0.15, 0.2) is 5.78 Å². The molecule has 1 heterocycles. The minimum absolute atomic E-state index is 0.275. The third-order valence-electron chi connectivity index (χ3n) is 3.53. The molecule has 1 aromatic rings. The molecule has 0 spiro atoms. The van der Waals surface area contributed by atoms with Gasteiger partial charge >= 0.3 is 0 Å². The molecule has 88 valence electrons. The Hall–Kier alpha value is -0.630. The fraction of sp³-hybridized carbons (Fsp3) is 0.643. The molecule has 0 N–H and O–H groups in total. The number of hydrogen-bond acceptors (Lipinski definition) is 2. The smallest absolute Gasteiger partial charge is 0.175 e. The Morgan fingerprint density at radius 2 is 1.81 bits per heavy atom. The van der Waals surface area contributed by atoms with Crippen LogP contribution >= 0.6 is 11.3 Å². The summed E-state index contributed by atoms with van der Waals surface area (Å²) in [6.07, 6.45) is 3.45. The predicted molar refractivity (Wildman–Crippen MR) is 69.1 cm³/mol. The van der Waals surface area contributed by atoms with Crippen LogP contribution in [0, 0.1) is 24.7 Å². The lowest BCUT2D eigenvalue weighted by atomic mass is 9.75. The molecule has 0 radical (unpaired) electrons. The fourth-order valence-electron chi connectivity index (χ4n) is 2.93. The molecular formula is C14H20OS. The van der Waals surface area contributed by atoms with Crippen molar-refractivity contribution in [2.24, 2.45) is 17.8 Å². The molecular weight excluding hydrogens is 216 g/mol. The molecule has 16 heavy (non-hydrogen) atoms. The predicted octanol–water partition coefficient (Wildman–Crippen LogP) is 4.31. The molecule has 1 nitrogen and oxygen atoms in total. The van der Waals surface area contributed by atoms with Crippen molar-refractivity contribution >= 4 is 17.1 Å². The Balaban J connectivity index is 2.09. The van der Waals surface area contributed by atoms with Crippen molar-refractivity contribution in [3.05, 3.63) is 21.9 Å². The molecule has 1 saturated carbocycles. The van der Waals surface area contributed by atoms with Crippen molar-refractivity contribution < 1.29 is 4.79 Å². The molecule has 1 aliphatic rings. The molecule has 2 unspecified atom stereocenters. The number of thiophene rings is 1. The third kappa shape index (κ3) is 2.54. The van der Waals surface area contributed by atoms with Crippen molar-refractivity contribution in [2.45, 2.75) is 40.0 Å². The summed E-state index contributed by atoms with van der Waals surface area (Å²) in [4.78, 5) is 14.5.